The molecular formula is C27H26ClNO3. The number of halogens is 1. The average molecular weight is 448 g/mol. The van der Waals surface area contributed by atoms with Crippen molar-refractivity contribution in [2.75, 3.05) is 13.1 Å². The third-order valence-electron chi connectivity index (χ3n) is 6.21. The molecule has 0 aromatic heterocycles. The number of rotatable bonds is 4. The van der Waals surface area contributed by atoms with Gasteiger partial charge < -0.3 is 9.84 Å². The van der Waals surface area contributed by atoms with Crippen molar-refractivity contribution in [2.24, 2.45) is 0 Å². The number of carbonyl (C=O) groups is 1. The maximum Gasteiger partial charge on any atom is 0.335 e. The van der Waals surface area contributed by atoms with E-state index in [1.165, 1.54) is 11.1 Å². The Bertz CT molecular complexity index is 1170. The highest BCUT2D eigenvalue weighted by Crippen LogP contribution is 2.37. The van der Waals surface area contributed by atoms with Gasteiger partial charge in [0, 0.05) is 25.2 Å². The van der Waals surface area contributed by atoms with Crippen molar-refractivity contribution < 1.29 is 14.6 Å². The second-order valence-corrected chi connectivity index (χ2v) is 8.16. The van der Waals surface area contributed by atoms with Crippen LogP contribution in [0.25, 0.3) is 5.57 Å². The van der Waals surface area contributed by atoms with Gasteiger partial charge in [-0.3, -0.25) is 4.90 Å². The minimum atomic E-state index is -0.924. The lowest BCUT2D eigenvalue weighted by atomic mass is 9.92. The van der Waals surface area contributed by atoms with E-state index < -0.39 is 5.97 Å². The van der Waals surface area contributed by atoms with Gasteiger partial charge in [-0.05, 0) is 58.9 Å². The number of benzene rings is 3. The summed E-state index contributed by atoms with van der Waals surface area (Å²) < 4.78 is 6.03. The van der Waals surface area contributed by atoms with Crippen molar-refractivity contribution in [2.45, 2.75) is 26.0 Å². The Morgan fingerprint density at radius 2 is 1.72 bits per heavy atom. The molecule has 0 saturated carbocycles. The molecule has 2 aliphatic rings. The molecule has 2 heterocycles. The van der Waals surface area contributed by atoms with Crippen molar-refractivity contribution in [1.29, 1.82) is 0 Å². The first-order valence-electron chi connectivity index (χ1n) is 10.8. The molecular weight excluding hydrogens is 422 g/mol. The molecule has 3 aromatic rings. The molecule has 4 nitrogen and oxygen atoms in total. The fraction of sp³-hybridized carbons (Fsp3) is 0.222. The zero-order chi connectivity index (χ0) is 21.2. The standard InChI is InChI=1S/C27H25NO3.ClH/c29-27(30)20-11-12-26-25(16-20)24(23-9-4-3-8-22(23)18-31-26)10-5-14-28-15-13-19-6-1-2-7-21(19)17-28;/h1-4,6-12,16H,5,13-15,17-18H2,(H,29,30);1H/b24-10-;. The van der Waals surface area contributed by atoms with E-state index >= 15 is 0 Å². The third kappa shape index (κ3) is 4.43. The Kier molecular flexibility index (Phi) is 6.63. The van der Waals surface area contributed by atoms with Gasteiger partial charge in [0.25, 0.3) is 0 Å². The summed E-state index contributed by atoms with van der Waals surface area (Å²) in [6.45, 7) is 3.50. The fourth-order valence-corrected chi connectivity index (χ4v) is 4.57. The summed E-state index contributed by atoms with van der Waals surface area (Å²) in [5, 5.41) is 9.50. The van der Waals surface area contributed by atoms with Crippen LogP contribution in [0.2, 0.25) is 0 Å². The largest absolute Gasteiger partial charge is 0.488 e. The van der Waals surface area contributed by atoms with Gasteiger partial charge in [0.05, 0.1) is 5.56 Å². The summed E-state index contributed by atoms with van der Waals surface area (Å²) in [4.78, 5) is 14.1. The van der Waals surface area contributed by atoms with Crippen LogP contribution in [0.1, 0.15) is 44.6 Å². The first kappa shape index (κ1) is 22.1. The van der Waals surface area contributed by atoms with E-state index in [1.54, 1.807) is 18.2 Å². The molecule has 0 atom stereocenters. The van der Waals surface area contributed by atoms with Crippen LogP contribution in [0.3, 0.4) is 0 Å². The van der Waals surface area contributed by atoms with Gasteiger partial charge in [0.15, 0.2) is 0 Å². The molecule has 164 valence electrons. The first-order chi connectivity index (χ1) is 15.2. The van der Waals surface area contributed by atoms with Crippen molar-refractivity contribution in [3.8, 4) is 5.75 Å². The molecule has 0 fully saturated rings. The van der Waals surface area contributed by atoms with Crippen molar-refractivity contribution in [3.63, 3.8) is 0 Å². The van der Waals surface area contributed by atoms with Crippen molar-refractivity contribution >= 4 is 23.9 Å². The molecule has 0 bridgehead atoms. The molecule has 0 amide bonds. The van der Waals surface area contributed by atoms with Gasteiger partial charge >= 0.3 is 5.97 Å². The lowest BCUT2D eigenvalue weighted by Gasteiger charge is -2.28. The van der Waals surface area contributed by atoms with Crippen LogP contribution >= 0.6 is 12.4 Å². The maximum absolute atomic E-state index is 11.6. The Morgan fingerprint density at radius 1 is 0.969 bits per heavy atom. The zero-order valence-electron chi connectivity index (χ0n) is 17.8. The molecule has 5 heteroatoms. The van der Waals surface area contributed by atoms with E-state index in [9.17, 15) is 9.90 Å². The van der Waals surface area contributed by atoms with Crippen LogP contribution in [-0.4, -0.2) is 29.1 Å². The van der Waals surface area contributed by atoms with Gasteiger partial charge in [-0.1, -0.05) is 54.6 Å². The highest BCUT2D eigenvalue weighted by Gasteiger charge is 2.21. The van der Waals surface area contributed by atoms with Crippen LogP contribution in [0, 0.1) is 0 Å². The van der Waals surface area contributed by atoms with E-state index in [4.69, 9.17) is 4.74 Å². The average Bonchev–Trinajstić information content (AvgIpc) is 2.96. The summed E-state index contributed by atoms with van der Waals surface area (Å²) >= 11 is 0. The Labute approximate surface area is 194 Å². The fourth-order valence-electron chi connectivity index (χ4n) is 4.57. The normalized spacial score (nSPS) is 16.1. The number of aromatic carboxylic acids is 1. The minimum Gasteiger partial charge on any atom is -0.488 e. The summed E-state index contributed by atoms with van der Waals surface area (Å²) in [7, 11) is 0. The second kappa shape index (κ2) is 9.60. The van der Waals surface area contributed by atoms with E-state index in [1.807, 2.05) is 12.1 Å². The van der Waals surface area contributed by atoms with E-state index in [2.05, 4.69) is 47.4 Å². The molecule has 0 radical (unpaired) electrons. The van der Waals surface area contributed by atoms with Crippen LogP contribution < -0.4 is 4.74 Å². The predicted molar refractivity (Wildman–Crippen MR) is 129 cm³/mol. The number of carboxylic acid groups (broad SMARTS) is 1. The van der Waals surface area contributed by atoms with E-state index in [-0.39, 0.29) is 18.0 Å². The number of fused-ring (bicyclic) bond motifs is 3. The lowest BCUT2D eigenvalue weighted by molar-refractivity contribution is 0.0697. The molecule has 0 saturated heterocycles. The summed E-state index contributed by atoms with van der Waals surface area (Å²) in [5.74, 6) is -0.189. The number of carboxylic acids is 1. The Balaban J connectivity index is 0.00000245. The molecule has 0 aliphatic carbocycles. The molecule has 0 spiro atoms. The number of ether oxygens (including phenoxy) is 1. The van der Waals surface area contributed by atoms with Crippen LogP contribution in [0.4, 0.5) is 0 Å². The zero-order valence-corrected chi connectivity index (χ0v) is 18.6. The SMILES string of the molecule is Cl.O=C(O)c1ccc2c(c1)/C(=C\CCN1CCc3ccccc3C1)c1ccccc1CO2. The highest BCUT2D eigenvalue weighted by atomic mass is 35.5. The second-order valence-electron chi connectivity index (χ2n) is 8.16. The summed E-state index contributed by atoms with van der Waals surface area (Å²) in [6.07, 6.45) is 4.23. The minimum absolute atomic E-state index is 0. The predicted octanol–water partition coefficient (Wildman–Crippen LogP) is 5.58. The molecule has 1 N–H and O–H groups in total. The van der Waals surface area contributed by atoms with E-state index in [0.717, 1.165) is 60.5 Å². The Hall–Kier alpha value is -3.08. The van der Waals surface area contributed by atoms with Gasteiger partial charge in [0.2, 0.25) is 0 Å². The topological polar surface area (TPSA) is 49.8 Å². The number of hydrogen-bond acceptors (Lipinski definition) is 3. The number of nitrogens with zero attached hydrogens (tertiary/aromatic N) is 1. The summed E-state index contributed by atoms with van der Waals surface area (Å²) in [6, 6.07) is 22.0. The maximum atomic E-state index is 11.6. The van der Waals surface area contributed by atoms with Crippen molar-refractivity contribution in [1.82, 2.24) is 4.90 Å². The van der Waals surface area contributed by atoms with Crippen LogP contribution in [0.15, 0.2) is 72.8 Å². The molecule has 0 unspecified atom stereocenters. The first-order valence-corrected chi connectivity index (χ1v) is 10.8. The third-order valence-corrected chi connectivity index (χ3v) is 6.21. The van der Waals surface area contributed by atoms with Gasteiger partial charge in [-0.25, -0.2) is 4.79 Å². The van der Waals surface area contributed by atoms with Crippen molar-refractivity contribution in [3.05, 3.63) is 106 Å². The molecule has 5 rings (SSSR count). The smallest absolute Gasteiger partial charge is 0.335 e. The van der Waals surface area contributed by atoms with Gasteiger partial charge in [-0.2, -0.15) is 0 Å². The van der Waals surface area contributed by atoms with E-state index in [0.29, 0.717) is 6.61 Å². The number of hydrogen-bond donors (Lipinski definition) is 1. The quantitative estimate of drug-likeness (QED) is 0.567. The highest BCUT2D eigenvalue weighted by molar-refractivity contribution is 5.92. The van der Waals surface area contributed by atoms with Crippen LogP contribution in [-0.2, 0) is 19.6 Å². The molecule has 32 heavy (non-hydrogen) atoms. The summed E-state index contributed by atoms with van der Waals surface area (Å²) in [5.41, 5.74) is 7.31. The molecule has 2 aliphatic heterocycles. The monoisotopic (exact) mass is 447 g/mol. The van der Waals surface area contributed by atoms with Crippen LogP contribution in [0.5, 0.6) is 5.75 Å². The lowest BCUT2D eigenvalue weighted by Crippen LogP contribution is -2.31. The van der Waals surface area contributed by atoms with Gasteiger partial charge in [-0.15, -0.1) is 12.4 Å². The Morgan fingerprint density at radius 3 is 2.53 bits per heavy atom. The molecule has 3 aromatic carbocycles. The van der Waals surface area contributed by atoms with Gasteiger partial charge in [0.1, 0.15) is 12.4 Å².